The summed E-state index contributed by atoms with van der Waals surface area (Å²) in [6, 6.07) is 11.0. The number of hydroxylamine groups is 1. The quantitative estimate of drug-likeness (QED) is 0.230. The van der Waals surface area contributed by atoms with Crippen LogP contribution >= 0.6 is 12.4 Å². The van der Waals surface area contributed by atoms with Crippen molar-refractivity contribution in [2.24, 2.45) is 0 Å². The predicted molar refractivity (Wildman–Crippen MR) is 107 cm³/mol. The van der Waals surface area contributed by atoms with Gasteiger partial charge in [0.15, 0.2) is 11.5 Å². The summed E-state index contributed by atoms with van der Waals surface area (Å²) in [5.41, 5.74) is 3.66. The van der Waals surface area contributed by atoms with Crippen LogP contribution in [-0.4, -0.2) is 42.4 Å². The molecular weight excluding hydrogens is 402 g/mol. The molecule has 9 heteroatoms. The van der Waals surface area contributed by atoms with Gasteiger partial charge in [-0.15, -0.1) is 12.4 Å². The van der Waals surface area contributed by atoms with E-state index in [-0.39, 0.29) is 36.9 Å². The fraction of sp³-hybridized carbons (Fsp3) is 0.300. The molecule has 3 N–H and O–H groups in total. The molecule has 8 nitrogen and oxygen atoms in total. The van der Waals surface area contributed by atoms with Gasteiger partial charge in [-0.1, -0.05) is 6.07 Å². The van der Waals surface area contributed by atoms with Crippen LogP contribution in [-0.2, 0) is 20.8 Å². The number of hydrogen-bond acceptors (Lipinski definition) is 8. The first-order chi connectivity index (χ1) is 13.5. The Labute approximate surface area is 174 Å². The van der Waals surface area contributed by atoms with Crippen LogP contribution in [0.25, 0.3) is 0 Å². The summed E-state index contributed by atoms with van der Waals surface area (Å²) >= 11 is 0. The van der Waals surface area contributed by atoms with Crippen molar-refractivity contribution in [1.29, 1.82) is 0 Å². The first kappa shape index (κ1) is 24.1. The number of phenols is 2. The third-order valence-corrected chi connectivity index (χ3v) is 3.83. The first-order valence-electron chi connectivity index (χ1n) is 8.74. The zero-order valence-corrected chi connectivity index (χ0v) is 16.7. The molecule has 0 saturated heterocycles. The minimum Gasteiger partial charge on any atom is -0.504 e. The van der Waals surface area contributed by atoms with Crippen LogP contribution in [0.1, 0.15) is 28.8 Å². The zero-order valence-electron chi connectivity index (χ0n) is 15.9. The van der Waals surface area contributed by atoms with Crippen LogP contribution < -0.4 is 10.2 Å². The standard InChI is InChI=1S/C20H23NO7.ClH/c1-26-16-7-5-15(6-8-16)20(25)27-12-2-11-21-28-19(24)10-4-14-3-9-17(22)18(23)13-14;/h3,5-9,13,21-23H,2,4,10-12H2,1H3;1H. The number of rotatable bonds is 10. The number of benzene rings is 2. The Kier molecular flexibility index (Phi) is 10.4. The molecule has 0 saturated carbocycles. The summed E-state index contributed by atoms with van der Waals surface area (Å²) in [5.74, 6) is -0.668. The average Bonchev–Trinajstić information content (AvgIpc) is 2.71. The number of aromatic hydroxyl groups is 2. The molecule has 0 spiro atoms. The second kappa shape index (κ2) is 12.5. The molecule has 0 aliphatic heterocycles. The molecule has 2 aromatic carbocycles. The largest absolute Gasteiger partial charge is 0.504 e. The fourth-order valence-electron chi connectivity index (χ4n) is 2.27. The van der Waals surface area contributed by atoms with Gasteiger partial charge in [0.1, 0.15) is 5.75 Å². The van der Waals surface area contributed by atoms with Crippen molar-refractivity contribution in [2.75, 3.05) is 20.3 Å². The Hall–Kier alpha value is -2.97. The van der Waals surface area contributed by atoms with Gasteiger partial charge >= 0.3 is 11.9 Å². The predicted octanol–water partition coefficient (Wildman–Crippen LogP) is 2.76. The van der Waals surface area contributed by atoms with Crippen molar-refractivity contribution < 1.29 is 34.1 Å². The lowest BCUT2D eigenvalue weighted by Crippen LogP contribution is -2.22. The Morgan fingerprint density at radius 3 is 2.41 bits per heavy atom. The number of nitrogens with one attached hydrogen (secondary N) is 1. The second-order valence-corrected chi connectivity index (χ2v) is 5.91. The molecule has 0 atom stereocenters. The summed E-state index contributed by atoms with van der Waals surface area (Å²) in [4.78, 5) is 28.4. The summed E-state index contributed by atoms with van der Waals surface area (Å²) in [6.07, 6.45) is 0.957. The third-order valence-electron chi connectivity index (χ3n) is 3.83. The lowest BCUT2D eigenvalue weighted by Gasteiger charge is -2.08. The minimum absolute atomic E-state index is 0. The molecule has 29 heavy (non-hydrogen) atoms. The van der Waals surface area contributed by atoms with E-state index in [4.69, 9.17) is 14.3 Å². The van der Waals surface area contributed by atoms with E-state index >= 15 is 0 Å². The smallest absolute Gasteiger partial charge is 0.338 e. The van der Waals surface area contributed by atoms with Crippen LogP contribution in [0.5, 0.6) is 17.2 Å². The summed E-state index contributed by atoms with van der Waals surface area (Å²) in [5, 5.41) is 18.6. The maximum atomic E-state index is 11.8. The van der Waals surface area contributed by atoms with Gasteiger partial charge in [0, 0.05) is 6.54 Å². The fourth-order valence-corrected chi connectivity index (χ4v) is 2.27. The Bertz CT molecular complexity index is 796. The van der Waals surface area contributed by atoms with Crippen LogP contribution in [0.15, 0.2) is 42.5 Å². The molecule has 0 aromatic heterocycles. The number of carbonyl (C=O) groups is 2. The van der Waals surface area contributed by atoms with Crippen molar-refractivity contribution in [2.45, 2.75) is 19.3 Å². The van der Waals surface area contributed by atoms with E-state index in [2.05, 4.69) is 5.48 Å². The zero-order chi connectivity index (χ0) is 20.4. The maximum absolute atomic E-state index is 11.8. The molecule has 0 aliphatic rings. The SMILES string of the molecule is COc1ccc(C(=O)OCCCNOC(=O)CCc2ccc(O)c(O)c2)cc1.Cl. The highest BCUT2D eigenvalue weighted by molar-refractivity contribution is 5.89. The molecule has 0 aliphatic carbocycles. The second-order valence-electron chi connectivity index (χ2n) is 5.91. The Balaban J connectivity index is 0.00000420. The number of esters is 1. The van der Waals surface area contributed by atoms with Gasteiger partial charge in [0.2, 0.25) is 0 Å². The average molecular weight is 426 g/mol. The molecular formula is C20H24ClNO7. The van der Waals surface area contributed by atoms with Gasteiger partial charge in [0.05, 0.1) is 25.7 Å². The number of carbonyl (C=O) groups excluding carboxylic acids is 2. The summed E-state index contributed by atoms with van der Waals surface area (Å²) < 4.78 is 10.2. The van der Waals surface area contributed by atoms with Gasteiger partial charge in [-0.3, -0.25) is 4.79 Å². The molecule has 158 valence electrons. The molecule has 2 rings (SSSR count). The van der Waals surface area contributed by atoms with E-state index in [9.17, 15) is 19.8 Å². The number of methoxy groups -OCH3 is 1. The van der Waals surface area contributed by atoms with Gasteiger partial charge in [-0.05, 0) is 54.8 Å². The monoisotopic (exact) mass is 425 g/mol. The lowest BCUT2D eigenvalue weighted by molar-refractivity contribution is -0.151. The van der Waals surface area contributed by atoms with Gasteiger partial charge in [-0.2, -0.15) is 5.48 Å². The molecule has 2 aromatic rings. The molecule has 0 bridgehead atoms. The minimum atomic E-state index is -0.456. The molecule has 0 amide bonds. The van der Waals surface area contributed by atoms with E-state index in [1.54, 1.807) is 37.4 Å². The van der Waals surface area contributed by atoms with E-state index in [1.807, 2.05) is 0 Å². The van der Waals surface area contributed by atoms with Crippen molar-refractivity contribution in [3.63, 3.8) is 0 Å². The highest BCUT2D eigenvalue weighted by Crippen LogP contribution is 2.25. The highest BCUT2D eigenvalue weighted by Gasteiger charge is 2.08. The topological polar surface area (TPSA) is 114 Å². The van der Waals surface area contributed by atoms with E-state index in [0.717, 1.165) is 0 Å². The first-order valence-corrected chi connectivity index (χ1v) is 8.74. The van der Waals surface area contributed by atoms with Crippen LogP contribution in [0, 0.1) is 0 Å². The lowest BCUT2D eigenvalue weighted by atomic mass is 10.1. The number of hydrogen-bond donors (Lipinski definition) is 3. The van der Waals surface area contributed by atoms with E-state index in [0.29, 0.717) is 36.3 Å². The third kappa shape index (κ3) is 8.28. The van der Waals surface area contributed by atoms with E-state index in [1.165, 1.54) is 12.1 Å². The van der Waals surface area contributed by atoms with Crippen LogP contribution in [0.3, 0.4) is 0 Å². The van der Waals surface area contributed by atoms with Crippen molar-refractivity contribution in [1.82, 2.24) is 5.48 Å². The van der Waals surface area contributed by atoms with Gasteiger partial charge in [-0.25, -0.2) is 4.79 Å². The number of ether oxygens (including phenoxy) is 2. The van der Waals surface area contributed by atoms with Crippen molar-refractivity contribution in [3.05, 3.63) is 53.6 Å². The van der Waals surface area contributed by atoms with Gasteiger partial charge < -0.3 is 24.5 Å². The summed E-state index contributed by atoms with van der Waals surface area (Å²) in [7, 11) is 1.55. The highest BCUT2D eigenvalue weighted by atomic mass is 35.5. The van der Waals surface area contributed by atoms with E-state index < -0.39 is 11.9 Å². The van der Waals surface area contributed by atoms with Crippen LogP contribution in [0.2, 0.25) is 0 Å². The van der Waals surface area contributed by atoms with Gasteiger partial charge in [0.25, 0.3) is 0 Å². The molecule has 0 unspecified atom stereocenters. The Morgan fingerprint density at radius 2 is 1.76 bits per heavy atom. The Morgan fingerprint density at radius 1 is 1.03 bits per heavy atom. The normalized spacial score (nSPS) is 9.97. The maximum Gasteiger partial charge on any atom is 0.338 e. The van der Waals surface area contributed by atoms with Crippen molar-refractivity contribution in [3.8, 4) is 17.2 Å². The number of halogens is 1. The number of phenolic OH excluding ortho intramolecular Hbond substituents is 2. The summed E-state index contributed by atoms with van der Waals surface area (Å²) in [6.45, 7) is 0.518. The van der Waals surface area contributed by atoms with Crippen molar-refractivity contribution >= 4 is 24.3 Å². The molecule has 0 fully saturated rings. The molecule has 0 heterocycles. The number of aryl methyl sites for hydroxylation is 1. The molecule has 0 radical (unpaired) electrons. The van der Waals surface area contributed by atoms with Crippen LogP contribution in [0.4, 0.5) is 0 Å².